The van der Waals surface area contributed by atoms with E-state index in [1.807, 2.05) is 25.3 Å². The molecule has 0 radical (unpaired) electrons. The normalized spacial score (nSPS) is 8.83. The van der Waals surface area contributed by atoms with Gasteiger partial charge < -0.3 is 0 Å². The molecule has 0 spiro atoms. The van der Waals surface area contributed by atoms with E-state index >= 15 is 0 Å². The van der Waals surface area contributed by atoms with Gasteiger partial charge in [-0.25, -0.2) is 4.37 Å². The van der Waals surface area contributed by atoms with Gasteiger partial charge in [0.25, 0.3) is 0 Å². The molecule has 4 heteroatoms. The lowest BCUT2D eigenvalue weighted by atomic mass is 10.6. The van der Waals surface area contributed by atoms with Gasteiger partial charge in [-0.05, 0) is 31.4 Å². The van der Waals surface area contributed by atoms with Gasteiger partial charge in [0.15, 0.2) is 0 Å². The first-order chi connectivity index (χ1) is 5.79. The molecular weight excluding hydrogens is 188 g/mol. The second-order valence-corrected chi connectivity index (χ2v) is 4.31. The van der Waals surface area contributed by atoms with E-state index in [0.717, 1.165) is 5.01 Å². The van der Waals surface area contributed by atoms with Crippen LogP contribution in [0.2, 0.25) is 0 Å². The van der Waals surface area contributed by atoms with Gasteiger partial charge in [-0.1, -0.05) is 0 Å². The summed E-state index contributed by atoms with van der Waals surface area (Å²) in [5, 5.41) is 3.10. The van der Waals surface area contributed by atoms with Crippen molar-refractivity contribution in [2.75, 3.05) is 0 Å². The lowest BCUT2D eigenvalue weighted by Gasteiger charge is -1.65. The van der Waals surface area contributed by atoms with Gasteiger partial charge in [-0.15, -0.1) is 11.3 Å². The van der Waals surface area contributed by atoms with E-state index in [4.69, 9.17) is 0 Å². The number of thiazole rings is 1. The van der Waals surface area contributed by atoms with Crippen molar-refractivity contribution in [3.05, 3.63) is 33.7 Å². The Bertz CT molecular complexity index is 254. The summed E-state index contributed by atoms with van der Waals surface area (Å²) in [4.78, 5) is 5.21. The third-order valence-electron chi connectivity index (χ3n) is 1.12. The molecule has 64 valence electrons. The van der Waals surface area contributed by atoms with E-state index in [1.54, 1.807) is 23.7 Å². The SMILES string of the molecule is Cc1ccns1.Cc1nccs1. The van der Waals surface area contributed by atoms with E-state index in [0.29, 0.717) is 0 Å². The highest BCUT2D eigenvalue weighted by Gasteiger charge is 1.76. The minimum absolute atomic E-state index is 1.13. The number of aryl methyl sites for hydroxylation is 2. The Morgan fingerprint density at radius 3 is 2.25 bits per heavy atom. The van der Waals surface area contributed by atoms with Gasteiger partial charge in [0.2, 0.25) is 0 Å². The van der Waals surface area contributed by atoms with Crippen molar-refractivity contribution in [3.63, 3.8) is 0 Å². The number of hydrogen-bond acceptors (Lipinski definition) is 4. The molecule has 0 N–H and O–H groups in total. The Hall–Kier alpha value is -0.740. The third-order valence-corrected chi connectivity index (χ3v) is 2.48. The van der Waals surface area contributed by atoms with Crippen molar-refractivity contribution in [2.45, 2.75) is 13.8 Å². The Labute approximate surface area is 80.1 Å². The van der Waals surface area contributed by atoms with Crippen molar-refractivity contribution in [3.8, 4) is 0 Å². The number of hydrogen-bond donors (Lipinski definition) is 0. The number of rotatable bonds is 0. The molecule has 0 aliphatic rings. The van der Waals surface area contributed by atoms with Crippen LogP contribution >= 0.6 is 22.9 Å². The average molecular weight is 198 g/mol. The minimum atomic E-state index is 1.13. The molecule has 2 heterocycles. The van der Waals surface area contributed by atoms with Crippen LogP contribution in [-0.4, -0.2) is 9.36 Å². The molecule has 2 aromatic rings. The van der Waals surface area contributed by atoms with E-state index < -0.39 is 0 Å². The third kappa shape index (κ3) is 3.59. The van der Waals surface area contributed by atoms with Crippen LogP contribution in [0.1, 0.15) is 9.88 Å². The molecule has 2 aromatic heterocycles. The van der Waals surface area contributed by atoms with Crippen molar-refractivity contribution >= 4 is 22.9 Å². The topological polar surface area (TPSA) is 25.8 Å². The molecule has 12 heavy (non-hydrogen) atoms. The molecule has 0 unspecified atom stereocenters. The summed E-state index contributed by atoms with van der Waals surface area (Å²) in [7, 11) is 0. The quantitative estimate of drug-likeness (QED) is 0.650. The molecule has 0 aliphatic heterocycles. The minimum Gasteiger partial charge on any atom is -0.250 e. The molecule has 0 amide bonds. The summed E-state index contributed by atoms with van der Waals surface area (Å²) < 4.78 is 3.86. The maximum absolute atomic E-state index is 3.94. The van der Waals surface area contributed by atoms with Gasteiger partial charge in [0.1, 0.15) is 0 Å². The Balaban J connectivity index is 0.000000120. The van der Waals surface area contributed by atoms with Crippen molar-refractivity contribution in [1.82, 2.24) is 9.36 Å². The van der Waals surface area contributed by atoms with Crippen LogP contribution < -0.4 is 0 Å². The fourth-order valence-corrected chi connectivity index (χ4v) is 1.42. The van der Waals surface area contributed by atoms with Gasteiger partial charge in [-0.2, -0.15) is 0 Å². The van der Waals surface area contributed by atoms with Gasteiger partial charge in [-0.3, -0.25) is 4.98 Å². The van der Waals surface area contributed by atoms with Gasteiger partial charge >= 0.3 is 0 Å². The summed E-state index contributed by atoms with van der Waals surface area (Å²) in [6.07, 6.45) is 3.61. The fraction of sp³-hybridized carbons (Fsp3) is 0.250. The average Bonchev–Trinajstić information content (AvgIpc) is 2.63. The predicted molar refractivity (Wildman–Crippen MR) is 53.7 cm³/mol. The molecule has 2 nitrogen and oxygen atoms in total. The molecule has 2 rings (SSSR count). The highest BCUT2D eigenvalue weighted by Crippen LogP contribution is 1.98. The molecule has 0 saturated carbocycles. The molecule has 0 aromatic carbocycles. The summed E-state index contributed by atoms with van der Waals surface area (Å²) in [6, 6.07) is 1.99. The lowest BCUT2D eigenvalue weighted by Crippen LogP contribution is -1.56. The first kappa shape index (κ1) is 9.35. The maximum atomic E-state index is 3.94. The molecule has 0 bridgehead atoms. The van der Waals surface area contributed by atoms with Gasteiger partial charge in [0, 0.05) is 22.7 Å². The van der Waals surface area contributed by atoms with Crippen LogP contribution in [-0.2, 0) is 0 Å². The molecule has 0 atom stereocenters. The molecule has 0 saturated heterocycles. The van der Waals surface area contributed by atoms with E-state index in [1.165, 1.54) is 16.4 Å². The Kier molecular flexibility index (Phi) is 3.90. The smallest absolute Gasteiger partial charge is 0.0893 e. The lowest BCUT2D eigenvalue weighted by molar-refractivity contribution is 1.30. The standard InChI is InChI=1S/2C4H5NS/c1-4-5-2-3-6-4;1-4-2-3-5-6-4/h2*2-3H,1H3. The van der Waals surface area contributed by atoms with E-state index in [9.17, 15) is 0 Å². The van der Waals surface area contributed by atoms with E-state index in [-0.39, 0.29) is 0 Å². The second kappa shape index (κ2) is 5.00. The Morgan fingerprint density at radius 2 is 2.08 bits per heavy atom. The molecular formula is C8H10N2S2. The van der Waals surface area contributed by atoms with Crippen LogP contribution in [0.4, 0.5) is 0 Å². The van der Waals surface area contributed by atoms with E-state index in [2.05, 4.69) is 9.36 Å². The highest BCUT2D eigenvalue weighted by atomic mass is 32.1. The van der Waals surface area contributed by atoms with Gasteiger partial charge in [0.05, 0.1) is 5.01 Å². The first-order valence-corrected chi connectivity index (χ1v) is 5.17. The van der Waals surface area contributed by atoms with Crippen LogP contribution in [0, 0.1) is 13.8 Å². The van der Waals surface area contributed by atoms with Crippen LogP contribution in [0.15, 0.2) is 23.8 Å². The van der Waals surface area contributed by atoms with Crippen LogP contribution in [0.3, 0.4) is 0 Å². The summed E-state index contributed by atoms with van der Waals surface area (Å²) in [5.74, 6) is 0. The summed E-state index contributed by atoms with van der Waals surface area (Å²) >= 11 is 3.19. The van der Waals surface area contributed by atoms with Crippen molar-refractivity contribution in [1.29, 1.82) is 0 Å². The zero-order valence-electron chi connectivity index (χ0n) is 7.02. The monoisotopic (exact) mass is 198 g/mol. The maximum Gasteiger partial charge on any atom is 0.0893 e. The predicted octanol–water partition coefficient (Wildman–Crippen LogP) is 2.90. The highest BCUT2D eigenvalue weighted by molar-refractivity contribution is 7.09. The zero-order valence-corrected chi connectivity index (χ0v) is 8.65. The molecule has 0 fully saturated rings. The van der Waals surface area contributed by atoms with Crippen LogP contribution in [0.5, 0.6) is 0 Å². The van der Waals surface area contributed by atoms with Crippen LogP contribution in [0.25, 0.3) is 0 Å². The Morgan fingerprint density at radius 1 is 1.25 bits per heavy atom. The fourth-order valence-electron chi connectivity index (χ4n) is 0.574. The first-order valence-electron chi connectivity index (χ1n) is 3.52. The van der Waals surface area contributed by atoms with Crippen molar-refractivity contribution in [2.24, 2.45) is 0 Å². The summed E-state index contributed by atoms with van der Waals surface area (Å²) in [6.45, 7) is 4.03. The number of nitrogens with zero attached hydrogens (tertiary/aromatic N) is 2. The van der Waals surface area contributed by atoms with Crippen molar-refractivity contribution < 1.29 is 0 Å². The largest absolute Gasteiger partial charge is 0.250 e. The number of aromatic nitrogens is 2. The molecule has 0 aliphatic carbocycles. The second-order valence-electron chi connectivity index (χ2n) is 2.17. The zero-order chi connectivity index (χ0) is 8.81. The summed E-state index contributed by atoms with van der Waals surface area (Å²) in [5.41, 5.74) is 0.